The largest absolute Gasteiger partial charge is 0.443 e. The number of hydrogen-bond acceptors (Lipinski definition) is 4. The van der Waals surface area contributed by atoms with Crippen LogP contribution in [0.4, 0.5) is 0 Å². The van der Waals surface area contributed by atoms with Crippen LogP contribution in [0.5, 0.6) is 0 Å². The summed E-state index contributed by atoms with van der Waals surface area (Å²) in [5, 5.41) is 3.44. The highest BCUT2D eigenvalue weighted by Gasteiger charge is 2.09. The van der Waals surface area contributed by atoms with E-state index in [-0.39, 0.29) is 11.6 Å². The highest BCUT2D eigenvalue weighted by molar-refractivity contribution is 4.92. The summed E-state index contributed by atoms with van der Waals surface area (Å²) in [6.07, 6.45) is 3.87. The zero-order valence-electron chi connectivity index (χ0n) is 12.2. The standard InChI is InChI=1S/C14H26N2O2/c1-11(2)17-10-12-9-15-13(18-12)7-6-8-16-14(3,4)5/h9,11,16H,6-8,10H2,1-5H3. The number of hydrogen-bond donors (Lipinski definition) is 1. The zero-order valence-corrected chi connectivity index (χ0v) is 12.2. The fraction of sp³-hybridized carbons (Fsp3) is 0.786. The lowest BCUT2D eigenvalue weighted by atomic mass is 10.1. The molecule has 1 rings (SSSR count). The van der Waals surface area contributed by atoms with Crippen molar-refractivity contribution in [3.63, 3.8) is 0 Å². The summed E-state index contributed by atoms with van der Waals surface area (Å²) >= 11 is 0. The number of aromatic nitrogens is 1. The Bertz CT molecular complexity index is 340. The lowest BCUT2D eigenvalue weighted by molar-refractivity contribution is 0.0539. The Balaban J connectivity index is 2.23. The molecule has 0 saturated carbocycles. The average Bonchev–Trinajstić information content (AvgIpc) is 2.68. The fourth-order valence-electron chi connectivity index (χ4n) is 1.48. The molecule has 0 unspecified atom stereocenters. The first-order valence-corrected chi connectivity index (χ1v) is 6.67. The Morgan fingerprint density at radius 2 is 2.11 bits per heavy atom. The van der Waals surface area contributed by atoms with E-state index in [1.54, 1.807) is 6.20 Å². The van der Waals surface area contributed by atoms with Gasteiger partial charge >= 0.3 is 0 Å². The van der Waals surface area contributed by atoms with Gasteiger partial charge < -0.3 is 14.5 Å². The van der Waals surface area contributed by atoms with Crippen molar-refractivity contribution in [1.82, 2.24) is 10.3 Å². The van der Waals surface area contributed by atoms with Gasteiger partial charge in [0.1, 0.15) is 12.4 Å². The molecular weight excluding hydrogens is 228 g/mol. The van der Waals surface area contributed by atoms with Gasteiger partial charge in [-0.3, -0.25) is 0 Å². The molecule has 0 aliphatic carbocycles. The summed E-state index contributed by atoms with van der Waals surface area (Å²) < 4.78 is 11.1. The van der Waals surface area contributed by atoms with Gasteiger partial charge in [0.05, 0.1) is 12.3 Å². The van der Waals surface area contributed by atoms with Crippen molar-refractivity contribution in [2.75, 3.05) is 6.54 Å². The summed E-state index contributed by atoms with van der Waals surface area (Å²) in [5.74, 6) is 1.61. The monoisotopic (exact) mass is 254 g/mol. The van der Waals surface area contributed by atoms with Gasteiger partial charge in [-0.2, -0.15) is 0 Å². The van der Waals surface area contributed by atoms with Crippen molar-refractivity contribution in [1.29, 1.82) is 0 Å². The van der Waals surface area contributed by atoms with Gasteiger partial charge in [-0.1, -0.05) is 0 Å². The first-order valence-electron chi connectivity index (χ1n) is 6.67. The molecular formula is C14H26N2O2. The predicted octanol–water partition coefficient (Wildman–Crippen LogP) is 2.92. The summed E-state index contributed by atoms with van der Waals surface area (Å²) in [6, 6.07) is 0. The molecule has 0 spiro atoms. The maximum Gasteiger partial charge on any atom is 0.194 e. The quantitative estimate of drug-likeness (QED) is 0.760. The van der Waals surface area contributed by atoms with Crippen molar-refractivity contribution >= 4 is 0 Å². The smallest absolute Gasteiger partial charge is 0.194 e. The zero-order chi connectivity index (χ0) is 13.6. The van der Waals surface area contributed by atoms with E-state index in [9.17, 15) is 0 Å². The van der Waals surface area contributed by atoms with Crippen LogP contribution in [0.1, 0.15) is 52.7 Å². The van der Waals surface area contributed by atoms with Gasteiger partial charge in [-0.25, -0.2) is 4.98 Å². The van der Waals surface area contributed by atoms with Gasteiger partial charge in [0.25, 0.3) is 0 Å². The van der Waals surface area contributed by atoms with E-state index in [0.29, 0.717) is 6.61 Å². The third-order valence-electron chi connectivity index (χ3n) is 2.38. The van der Waals surface area contributed by atoms with Crippen LogP contribution in [0.2, 0.25) is 0 Å². The van der Waals surface area contributed by atoms with Gasteiger partial charge in [0, 0.05) is 12.0 Å². The summed E-state index contributed by atoms with van der Waals surface area (Å²) in [5.41, 5.74) is 0.173. The maximum absolute atomic E-state index is 5.60. The first kappa shape index (κ1) is 15.2. The molecule has 1 aromatic heterocycles. The van der Waals surface area contributed by atoms with E-state index >= 15 is 0 Å². The molecule has 104 valence electrons. The molecule has 0 aliphatic heterocycles. The molecule has 0 fully saturated rings. The topological polar surface area (TPSA) is 47.3 Å². The molecule has 1 aromatic rings. The summed E-state index contributed by atoms with van der Waals surface area (Å²) in [6.45, 7) is 12.0. The minimum atomic E-state index is 0.173. The van der Waals surface area contributed by atoms with Crippen LogP contribution >= 0.6 is 0 Å². The second kappa shape index (κ2) is 6.90. The first-order chi connectivity index (χ1) is 8.37. The Hall–Kier alpha value is -0.870. The van der Waals surface area contributed by atoms with Crippen molar-refractivity contribution in [3.05, 3.63) is 17.8 Å². The lowest BCUT2D eigenvalue weighted by Gasteiger charge is -2.20. The highest BCUT2D eigenvalue weighted by atomic mass is 16.5. The number of ether oxygens (including phenoxy) is 1. The molecule has 4 nitrogen and oxygen atoms in total. The van der Waals surface area contributed by atoms with E-state index in [4.69, 9.17) is 9.15 Å². The molecule has 0 aromatic carbocycles. The number of nitrogens with one attached hydrogen (secondary N) is 1. The molecule has 0 aliphatic rings. The minimum Gasteiger partial charge on any atom is -0.443 e. The van der Waals surface area contributed by atoms with Crippen molar-refractivity contribution in [2.24, 2.45) is 0 Å². The highest BCUT2D eigenvalue weighted by Crippen LogP contribution is 2.08. The Labute approximate surface area is 110 Å². The van der Waals surface area contributed by atoms with Gasteiger partial charge in [0.2, 0.25) is 0 Å². The third-order valence-corrected chi connectivity index (χ3v) is 2.38. The van der Waals surface area contributed by atoms with Crippen LogP contribution in [0.25, 0.3) is 0 Å². The SMILES string of the molecule is CC(C)OCc1cnc(CCCNC(C)(C)C)o1. The van der Waals surface area contributed by atoms with Gasteiger partial charge in [-0.15, -0.1) is 0 Å². The molecule has 0 radical (unpaired) electrons. The minimum absolute atomic E-state index is 0.173. The Kier molecular flexibility index (Phi) is 5.82. The number of nitrogens with zero attached hydrogens (tertiary/aromatic N) is 1. The van der Waals surface area contributed by atoms with E-state index in [1.807, 2.05) is 13.8 Å². The van der Waals surface area contributed by atoms with Crippen molar-refractivity contribution in [2.45, 2.75) is 65.7 Å². The molecule has 1 N–H and O–H groups in total. The van der Waals surface area contributed by atoms with E-state index in [0.717, 1.165) is 31.0 Å². The molecule has 0 bridgehead atoms. The van der Waals surface area contributed by atoms with Crippen LogP contribution in [0, 0.1) is 0 Å². The maximum atomic E-state index is 5.60. The van der Waals surface area contributed by atoms with E-state index < -0.39 is 0 Å². The van der Waals surface area contributed by atoms with Crippen molar-refractivity contribution in [3.8, 4) is 0 Å². The molecule has 4 heteroatoms. The molecule has 0 atom stereocenters. The number of rotatable bonds is 7. The summed E-state index contributed by atoms with van der Waals surface area (Å²) in [4.78, 5) is 4.25. The van der Waals surface area contributed by atoms with Crippen LogP contribution < -0.4 is 5.32 Å². The van der Waals surface area contributed by atoms with Gasteiger partial charge in [0.15, 0.2) is 5.89 Å². The number of aryl methyl sites for hydroxylation is 1. The third kappa shape index (κ3) is 6.77. The van der Waals surface area contributed by atoms with Crippen LogP contribution in [0.15, 0.2) is 10.6 Å². The summed E-state index contributed by atoms with van der Waals surface area (Å²) in [7, 11) is 0. The van der Waals surface area contributed by atoms with Crippen LogP contribution in [-0.4, -0.2) is 23.2 Å². The fourth-order valence-corrected chi connectivity index (χ4v) is 1.48. The second-order valence-electron chi connectivity index (χ2n) is 5.86. The van der Waals surface area contributed by atoms with Crippen LogP contribution in [0.3, 0.4) is 0 Å². The normalized spacial score (nSPS) is 12.3. The Morgan fingerprint density at radius 3 is 2.72 bits per heavy atom. The molecule has 18 heavy (non-hydrogen) atoms. The Morgan fingerprint density at radius 1 is 1.39 bits per heavy atom. The number of oxazole rings is 1. The molecule has 0 saturated heterocycles. The van der Waals surface area contributed by atoms with E-state index in [1.165, 1.54) is 0 Å². The van der Waals surface area contributed by atoms with Crippen molar-refractivity contribution < 1.29 is 9.15 Å². The van der Waals surface area contributed by atoms with Crippen LogP contribution in [-0.2, 0) is 17.8 Å². The van der Waals surface area contributed by atoms with E-state index in [2.05, 4.69) is 31.1 Å². The molecule has 0 amide bonds. The lowest BCUT2D eigenvalue weighted by Crippen LogP contribution is -2.36. The second-order valence-corrected chi connectivity index (χ2v) is 5.86. The molecule has 1 heterocycles. The average molecular weight is 254 g/mol. The van der Waals surface area contributed by atoms with Gasteiger partial charge in [-0.05, 0) is 47.6 Å². The predicted molar refractivity (Wildman–Crippen MR) is 72.5 cm³/mol.